The highest BCUT2D eigenvalue weighted by molar-refractivity contribution is 7.85. The van der Waals surface area contributed by atoms with E-state index in [4.69, 9.17) is 14.4 Å². The van der Waals surface area contributed by atoms with Gasteiger partial charge < -0.3 is 9.84 Å². The Morgan fingerprint density at radius 2 is 1.29 bits per heavy atom. The number of benzene rings is 4. The summed E-state index contributed by atoms with van der Waals surface area (Å²) in [5, 5.41) is 16.8. The van der Waals surface area contributed by atoms with Crippen molar-refractivity contribution in [3.63, 3.8) is 0 Å². The van der Waals surface area contributed by atoms with E-state index in [2.05, 4.69) is 17.2 Å². The molecule has 0 aromatic heterocycles. The van der Waals surface area contributed by atoms with Gasteiger partial charge in [-0.2, -0.15) is 18.6 Å². The van der Waals surface area contributed by atoms with Gasteiger partial charge in [0.2, 0.25) is 0 Å². The molecule has 0 unspecified atom stereocenters. The fraction of sp³-hybridized carbons (Fsp3) is 0.138. The molecule has 196 valence electrons. The third-order valence-corrected chi connectivity index (χ3v) is 6.13. The van der Waals surface area contributed by atoms with Gasteiger partial charge in [-0.15, -0.1) is 0 Å². The molecule has 0 saturated carbocycles. The molecule has 4 aromatic rings. The monoisotopic (exact) mass is 532 g/mol. The Morgan fingerprint density at radius 3 is 1.79 bits per heavy atom. The molecule has 0 bridgehead atoms. The standard InChI is InChI=1S/C17H18O3.C12H10N2O3S/c1-2-3-12-20-16-10-8-14(9-11-16)13-4-6-15(7-5-13)17(18)19;15-18(16,17)12-8-6-11(7-9-12)14-13-10-4-2-1-3-5-10/h4-11H,2-3,12H2,1H3,(H,18,19);1-9H,(H,15,16,17). The summed E-state index contributed by atoms with van der Waals surface area (Å²) in [6, 6.07) is 29.4. The molecule has 0 spiro atoms. The lowest BCUT2D eigenvalue weighted by atomic mass is 10.0. The molecular formula is C29H28N2O6S. The zero-order valence-corrected chi connectivity index (χ0v) is 21.6. The maximum absolute atomic E-state index is 10.8. The van der Waals surface area contributed by atoms with Crippen LogP contribution in [0.1, 0.15) is 30.1 Å². The fourth-order valence-corrected chi connectivity index (χ4v) is 3.66. The van der Waals surface area contributed by atoms with Crippen LogP contribution in [0.25, 0.3) is 11.1 Å². The van der Waals surface area contributed by atoms with Gasteiger partial charge in [0.1, 0.15) is 5.75 Å². The maximum Gasteiger partial charge on any atom is 0.335 e. The molecule has 0 saturated heterocycles. The number of nitrogens with zero attached hydrogens (tertiary/aromatic N) is 2. The Labute approximate surface area is 222 Å². The van der Waals surface area contributed by atoms with Gasteiger partial charge >= 0.3 is 5.97 Å². The number of hydrogen-bond donors (Lipinski definition) is 2. The third kappa shape index (κ3) is 8.95. The van der Waals surface area contributed by atoms with Crippen molar-refractivity contribution in [2.45, 2.75) is 24.7 Å². The van der Waals surface area contributed by atoms with Gasteiger partial charge in [-0.3, -0.25) is 4.55 Å². The number of carboxylic acid groups (broad SMARTS) is 1. The Hall–Kier alpha value is -4.34. The van der Waals surface area contributed by atoms with Crippen molar-refractivity contribution in [3.05, 3.63) is 109 Å². The average Bonchev–Trinajstić information content (AvgIpc) is 2.93. The number of aromatic carboxylic acids is 1. The van der Waals surface area contributed by atoms with E-state index in [9.17, 15) is 13.2 Å². The normalized spacial score (nSPS) is 11.0. The van der Waals surface area contributed by atoms with E-state index >= 15 is 0 Å². The summed E-state index contributed by atoms with van der Waals surface area (Å²) >= 11 is 0. The van der Waals surface area contributed by atoms with Crippen LogP contribution in [0.15, 0.2) is 118 Å². The molecule has 0 amide bonds. The lowest BCUT2D eigenvalue weighted by molar-refractivity contribution is 0.0697. The van der Waals surface area contributed by atoms with Crippen LogP contribution in [0.3, 0.4) is 0 Å². The molecule has 9 heteroatoms. The minimum absolute atomic E-state index is 0.166. The molecular weight excluding hydrogens is 504 g/mol. The van der Waals surface area contributed by atoms with E-state index < -0.39 is 16.1 Å². The Bertz CT molecular complexity index is 1440. The number of unbranched alkanes of at least 4 members (excludes halogenated alkanes) is 1. The summed E-state index contributed by atoms with van der Waals surface area (Å²) in [6.07, 6.45) is 2.17. The van der Waals surface area contributed by atoms with Gasteiger partial charge in [-0.25, -0.2) is 4.79 Å². The molecule has 0 fully saturated rings. The number of hydrogen-bond acceptors (Lipinski definition) is 6. The number of azo groups is 1. The lowest BCUT2D eigenvalue weighted by Crippen LogP contribution is -1.96. The van der Waals surface area contributed by atoms with Crippen molar-refractivity contribution in [1.82, 2.24) is 0 Å². The minimum Gasteiger partial charge on any atom is -0.494 e. The molecule has 0 atom stereocenters. The van der Waals surface area contributed by atoms with E-state index in [1.807, 2.05) is 54.6 Å². The highest BCUT2D eigenvalue weighted by Gasteiger charge is 2.08. The lowest BCUT2D eigenvalue weighted by Gasteiger charge is -2.07. The predicted molar refractivity (Wildman–Crippen MR) is 146 cm³/mol. The van der Waals surface area contributed by atoms with E-state index in [1.54, 1.807) is 24.3 Å². The molecule has 8 nitrogen and oxygen atoms in total. The molecule has 38 heavy (non-hydrogen) atoms. The highest BCUT2D eigenvalue weighted by Crippen LogP contribution is 2.23. The van der Waals surface area contributed by atoms with E-state index in [-0.39, 0.29) is 4.90 Å². The summed E-state index contributed by atoms with van der Waals surface area (Å²) in [4.78, 5) is 10.6. The molecule has 4 aromatic carbocycles. The zero-order chi connectivity index (χ0) is 27.4. The SMILES string of the molecule is CCCCOc1ccc(-c2ccc(C(=O)O)cc2)cc1.O=S(=O)(O)c1ccc(N=Nc2ccccc2)cc1. The van der Waals surface area contributed by atoms with Crippen LogP contribution in [0.4, 0.5) is 11.4 Å². The summed E-state index contributed by atoms with van der Waals surface area (Å²) in [5.74, 6) is -0.0411. The third-order valence-electron chi connectivity index (χ3n) is 5.26. The zero-order valence-electron chi connectivity index (χ0n) is 20.8. The van der Waals surface area contributed by atoms with Crippen LogP contribution in [0.2, 0.25) is 0 Å². The fourth-order valence-electron chi connectivity index (χ4n) is 3.18. The second kappa shape index (κ2) is 13.8. The molecule has 0 aliphatic carbocycles. The highest BCUT2D eigenvalue weighted by atomic mass is 32.2. The van der Waals surface area contributed by atoms with E-state index in [0.717, 1.165) is 36.3 Å². The minimum atomic E-state index is -4.16. The Morgan fingerprint density at radius 1 is 0.763 bits per heavy atom. The first kappa shape index (κ1) is 28.2. The van der Waals surface area contributed by atoms with Crippen LogP contribution in [0, 0.1) is 0 Å². The number of carbonyl (C=O) groups is 1. The second-order valence-corrected chi connectivity index (χ2v) is 9.53. The quantitative estimate of drug-likeness (QED) is 0.130. The van der Waals surface area contributed by atoms with E-state index in [1.165, 1.54) is 24.3 Å². The van der Waals surface area contributed by atoms with Gasteiger partial charge in [-0.05, 0) is 78.2 Å². The van der Waals surface area contributed by atoms with Crippen LogP contribution in [-0.4, -0.2) is 30.7 Å². The number of rotatable bonds is 9. The largest absolute Gasteiger partial charge is 0.494 e. The van der Waals surface area contributed by atoms with E-state index in [0.29, 0.717) is 16.9 Å². The van der Waals surface area contributed by atoms with Crippen molar-refractivity contribution < 1.29 is 27.6 Å². The van der Waals surface area contributed by atoms with Gasteiger partial charge in [0, 0.05) is 0 Å². The Kier molecular flexibility index (Phi) is 10.3. The molecule has 0 aliphatic rings. The molecule has 2 N–H and O–H groups in total. The first-order valence-electron chi connectivity index (χ1n) is 11.9. The van der Waals surface area contributed by atoms with Crippen molar-refractivity contribution in [3.8, 4) is 16.9 Å². The van der Waals surface area contributed by atoms with Crippen molar-refractivity contribution in [1.29, 1.82) is 0 Å². The van der Waals surface area contributed by atoms with Gasteiger partial charge in [0.05, 0.1) is 28.4 Å². The van der Waals surface area contributed by atoms with Crippen molar-refractivity contribution in [2.24, 2.45) is 10.2 Å². The topological polar surface area (TPSA) is 126 Å². The summed E-state index contributed by atoms with van der Waals surface area (Å²) in [7, 11) is -4.16. The van der Waals surface area contributed by atoms with Crippen LogP contribution in [-0.2, 0) is 10.1 Å². The second-order valence-electron chi connectivity index (χ2n) is 8.11. The van der Waals surface area contributed by atoms with Crippen molar-refractivity contribution >= 4 is 27.5 Å². The van der Waals surface area contributed by atoms with Crippen LogP contribution in [0.5, 0.6) is 5.75 Å². The van der Waals surface area contributed by atoms with Gasteiger partial charge in [0.15, 0.2) is 0 Å². The summed E-state index contributed by atoms with van der Waals surface area (Å²) in [5.41, 5.74) is 3.55. The molecule has 0 heterocycles. The first-order chi connectivity index (χ1) is 18.3. The maximum atomic E-state index is 10.8. The number of ether oxygens (including phenoxy) is 1. The average molecular weight is 533 g/mol. The molecule has 0 aliphatic heterocycles. The van der Waals surface area contributed by atoms with Crippen LogP contribution >= 0.6 is 0 Å². The first-order valence-corrected chi connectivity index (χ1v) is 13.3. The van der Waals surface area contributed by atoms with Crippen molar-refractivity contribution in [2.75, 3.05) is 6.61 Å². The smallest absolute Gasteiger partial charge is 0.335 e. The molecule has 0 radical (unpaired) electrons. The molecule has 4 rings (SSSR count). The van der Waals surface area contributed by atoms with Gasteiger partial charge in [0.25, 0.3) is 10.1 Å². The van der Waals surface area contributed by atoms with Gasteiger partial charge in [-0.1, -0.05) is 55.8 Å². The number of carboxylic acids is 1. The van der Waals surface area contributed by atoms with Crippen LogP contribution < -0.4 is 4.74 Å². The summed E-state index contributed by atoms with van der Waals surface area (Å²) < 4.78 is 36.1. The summed E-state index contributed by atoms with van der Waals surface area (Å²) in [6.45, 7) is 2.87. The Balaban J connectivity index is 0.000000212. The predicted octanol–water partition coefficient (Wildman–Crippen LogP) is 7.58.